The van der Waals surface area contributed by atoms with E-state index in [9.17, 15) is 9.90 Å². The SMILES string of the molecule is COc1ccc(Cn2nc(-c3ccccc3)c(O)c2C(=O)Nc2nc3cc(Cl)ccc3[nH]2)cc1. The summed E-state index contributed by atoms with van der Waals surface area (Å²) in [7, 11) is 1.60. The van der Waals surface area contributed by atoms with E-state index >= 15 is 0 Å². The van der Waals surface area contributed by atoms with Crippen LogP contribution in [0.25, 0.3) is 22.3 Å². The molecule has 5 rings (SSSR count). The first-order valence-corrected chi connectivity index (χ1v) is 10.8. The molecule has 2 aromatic heterocycles. The third kappa shape index (κ3) is 4.18. The van der Waals surface area contributed by atoms with Gasteiger partial charge in [0.2, 0.25) is 5.95 Å². The number of aromatic amines is 1. The summed E-state index contributed by atoms with van der Waals surface area (Å²) in [4.78, 5) is 20.7. The van der Waals surface area contributed by atoms with Crippen LogP contribution in [0.15, 0.2) is 72.8 Å². The summed E-state index contributed by atoms with van der Waals surface area (Å²) in [5, 5.41) is 18.9. The Hall–Kier alpha value is -4.30. The van der Waals surface area contributed by atoms with Crippen molar-refractivity contribution in [1.82, 2.24) is 19.7 Å². The lowest BCUT2D eigenvalue weighted by Gasteiger charge is -2.08. The predicted molar refractivity (Wildman–Crippen MR) is 130 cm³/mol. The van der Waals surface area contributed by atoms with E-state index in [0.717, 1.165) is 16.8 Å². The highest BCUT2D eigenvalue weighted by atomic mass is 35.5. The molecule has 5 aromatic rings. The Kier molecular flexibility index (Phi) is 5.65. The fourth-order valence-electron chi connectivity index (χ4n) is 3.69. The van der Waals surface area contributed by atoms with Crippen molar-refractivity contribution in [3.05, 3.63) is 89.1 Å². The van der Waals surface area contributed by atoms with Crippen LogP contribution in [0, 0.1) is 0 Å². The molecule has 3 N–H and O–H groups in total. The molecule has 0 unspecified atom stereocenters. The number of imidazole rings is 1. The number of amides is 1. The fraction of sp³-hybridized carbons (Fsp3) is 0.0800. The molecule has 0 bridgehead atoms. The molecule has 2 heterocycles. The zero-order valence-electron chi connectivity index (χ0n) is 18.1. The van der Waals surface area contributed by atoms with Crippen molar-refractivity contribution in [2.45, 2.75) is 6.54 Å². The number of anilines is 1. The molecule has 0 radical (unpaired) electrons. The third-order valence-corrected chi connectivity index (χ3v) is 5.59. The third-order valence-electron chi connectivity index (χ3n) is 5.36. The van der Waals surface area contributed by atoms with Crippen molar-refractivity contribution < 1.29 is 14.6 Å². The number of ether oxygens (including phenoxy) is 1. The minimum atomic E-state index is -0.550. The van der Waals surface area contributed by atoms with Gasteiger partial charge in [0.1, 0.15) is 11.4 Å². The van der Waals surface area contributed by atoms with Gasteiger partial charge in [0.25, 0.3) is 5.91 Å². The van der Waals surface area contributed by atoms with Crippen molar-refractivity contribution >= 4 is 34.5 Å². The number of rotatable bonds is 6. The average molecular weight is 474 g/mol. The number of aromatic nitrogens is 4. The van der Waals surface area contributed by atoms with Gasteiger partial charge in [-0.15, -0.1) is 0 Å². The first kappa shape index (κ1) is 21.5. The van der Waals surface area contributed by atoms with Gasteiger partial charge in [-0.05, 0) is 35.9 Å². The highest BCUT2D eigenvalue weighted by Crippen LogP contribution is 2.32. The zero-order chi connectivity index (χ0) is 23.7. The molecular weight excluding hydrogens is 454 g/mol. The Morgan fingerprint density at radius 2 is 1.88 bits per heavy atom. The predicted octanol–water partition coefficient (Wildman–Crippen LogP) is 5.09. The molecule has 0 aliphatic rings. The van der Waals surface area contributed by atoms with Crippen LogP contribution in [0.4, 0.5) is 5.95 Å². The number of fused-ring (bicyclic) bond motifs is 1. The molecule has 1 amide bonds. The normalized spacial score (nSPS) is 11.0. The van der Waals surface area contributed by atoms with Crippen LogP contribution >= 0.6 is 11.6 Å². The smallest absolute Gasteiger partial charge is 0.280 e. The van der Waals surface area contributed by atoms with Gasteiger partial charge in [0.05, 0.1) is 24.7 Å². The Bertz CT molecular complexity index is 1480. The van der Waals surface area contributed by atoms with Crippen LogP contribution in [-0.2, 0) is 6.54 Å². The number of methoxy groups -OCH3 is 1. The lowest BCUT2D eigenvalue weighted by atomic mass is 10.1. The largest absolute Gasteiger partial charge is 0.504 e. The van der Waals surface area contributed by atoms with E-state index in [4.69, 9.17) is 16.3 Å². The first-order chi connectivity index (χ1) is 16.5. The number of carbonyl (C=O) groups is 1. The highest BCUT2D eigenvalue weighted by Gasteiger charge is 2.25. The van der Waals surface area contributed by atoms with Crippen molar-refractivity contribution in [2.75, 3.05) is 12.4 Å². The van der Waals surface area contributed by atoms with E-state index < -0.39 is 5.91 Å². The summed E-state index contributed by atoms with van der Waals surface area (Å²) in [6.45, 7) is 0.267. The van der Waals surface area contributed by atoms with Crippen LogP contribution in [0.3, 0.4) is 0 Å². The number of benzene rings is 3. The van der Waals surface area contributed by atoms with Crippen LogP contribution in [-0.4, -0.2) is 37.9 Å². The summed E-state index contributed by atoms with van der Waals surface area (Å²) >= 11 is 6.03. The van der Waals surface area contributed by atoms with Gasteiger partial charge < -0.3 is 14.8 Å². The Morgan fingerprint density at radius 3 is 2.62 bits per heavy atom. The van der Waals surface area contributed by atoms with Crippen LogP contribution in [0.1, 0.15) is 16.1 Å². The number of hydrogen-bond donors (Lipinski definition) is 3. The van der Waals surface area contributed by atoms with Gasteiger partial charge in [-0.25, -0.2) is 4.98 Å². The molecule has 0 saturated carbocycles. The maximum Gasteiger partial charge on any atom is 0.280 e. The maximum atomic E-state index is 13.3. The van der Waals surface area contributed by atoms with E-state index in [1.807, 2.05) is 54.6 Å². The number of halogens is 1. The molecule has 170 valence electrons. The van der Waals surface area contributed by atoms with Crippen molar-refractivity contribution in [2.24, 2.45) is 0 Å². The minimum absolute atomic E-state index is 0.0214. The summed E-state index contributed by atoms with van der Waals surface area (Å²) in [6, 6.07) is 21.8. The topological polar surface area (TPSA) is 105 Å². The van der Waals surface area contributed by atoms with Crippen molar-refractivity contribution in [3.63, 3.8) is 0 Å². The lowest BCUT2D eigenvalue weighted by molar-refractivity contribution is 0.101. The first-order valence-electron chi connectivity index (χ1n) is 10.5. The van der Waals surface area contributed by atoms with E-state index in [0.29, 0.717) is 21.8 Å². The molecule has 0 aliphatic heterocycles. The van der Waals surface area contributed by atoms with Crippen molar-refractivity contribution in [3.8, 4) is 22.8 Å². The van der Waals surface area contributed by atoms with Gasteiger partial charge in [-0.1, -0.05) is 54.1 Å². The van der Waals surface area contributed by atoms with Gasteiger partial charge >= 0.3 is 0 Å². The lowest BCUT2D eigenvalue weighted by Crippen LogP contribution is -2.19. The second-order valence-electron chi connectivity index (χ2n) is 7.62. The molecule has 0 atom stereocenters. The minimum Gasteiger partial charge on any atom is -0.504 e. The van der Waals surface area contributed by atoms with Crippen LogP contribution in [0.2, 0.25) is 5.02 Å². The number of nitrogens with one attached hydrogen (secondary N) is 2. The number of carbonyl (C=O) groups excluding carboxylic acids is 1. The van der Waals surface area contributed by atoms with Gasteiger partial charge in [0, 0.05) is 10.6 Å². The van der Waals surface area contributed by atoms with E-state index in [2.05, 4.69) is 20.4 Å². The molecule has 0 spiro atoms. The van der Waals surface area contributed by atoms with Gasteiger partial charge in [-0.3, -0.25) is 14.8 Å². The standard InChI is InChI=1S/C25H20ClN5O3/c1-34-18-10-7-15(8-11-18)14-31-22(23(32)21(30-31)16-5-3-2-4-6-16)24(33)29-25-27-19-12-9-17(26)13-20(19)28-25/h2-13,32H,14H2,1H3,(H2,27,28,29,33). The van der Waals surface area contributed by atoms with Crippen LogP contribution in [0.5, 0.6) is 11.5 Å². The Morgan fingerprint density at radius 1 is 1.12 bits per heavy atom. The van der Waals surface area contributed by atoms with E-state index in [-0.39, 0.29) is 23.9 Å². The Balaban J connectivity index is 1.52. The fourth-order valence-corrected chi connectivity index (χ4v) is 3.86. The molecule has 0 aliphatic carbocycles. The number of aromatic hydroxyl groups is 1. The second kappa shape index (κ2) is 8.92. The van der Waals surface area contributed by atoms with Gasteiger partial charge in [0.15, 0.2) is 11.4 Å². The molecule has 0 saturated heterocycles. The molecule has 9 heteroatoms. The molecule has 3 aromatic carbocycles. The summed E-state index contributed by atoms with van der Waals surface area (Å²) in [5.74, 6) is 0.197. The number of H-pyrrole nitrogens is 1. The summed E-state index contributed by atoms with van der Waals surface area (Å²) in [6.07, 6.45) is 0. The monoisotopic (exact) mass is 473 g/mol. The van der Waals surface area contributed by atoms with Crippen molar-refractivity contribution in [1.29, 1.82) is 0 Å². The Labute approximate surface area is 199 Å². The van der Waals surface area contributed by atoms with Gasteiger partial charge in [-0.2, -0.15) is 5.10 Å². The summed E-state index contributed by atoms with van der Waals surface area (Å²) < 4.78 is 6.70. The highest BCUT2D eigenvalue weighted by molar-refractivity contribution is 6.31. The molecular formula is C25H20ClN5O3. The molecule has 0 fully saturated rings. The summed E-state index contributed by atoms with van der Waals surface area (Å²) in [5.41, 5.74) is 3.25. The maximum absolute atomic E-state index is 13.3. The average Bonchev–Trinajstić information content (AvgIpc) is 3.39. The number of hydrogen-bond acceptors (Lipinski definition) is 5. The molecule has 8 nitrogen and oxygen atoms in total. The number of nitrogens with zero attached hydrogens (tertiary/aromatic N) is 3. The van der Waals surface area contributed by atoms with E-state index in [1.54, 1.807) is 25.3 Å². The van der Waals surface area contributed by atoms with Crippen LogP contribution < -0.4 is 10.1 Å². The molecule has 34 heavy (non-hydrogen) atoms. The second-order valence-corrected chi connectivity index (χ2v) is 8.06. The quantitative estimate of drug-likeness (QED) is 0.318. The zero-order valence-corrected chi connectivity index (χ0v) is 18.9. The van der Waals surface area contributed by atoms with E-state index in [1.165, 1.54) is 4.68 Å².